The van der Waals surface area contributed by atoms with Gasteiger partial charge in [-0.05, 0) is 23.8 Å². The third kappa shape index (κ3) is 3.10. The highest BCUT2D eigenvalue weighted by Gasteiger charge is 2.14. The van der Waals surface area contributed by atoms with Crippen LogP contribution in [0.2, 0.25) is 0 Å². The number of nitrogens with zero attached hydrogens (tertiary/aromatic N) is 2. The highest BCUT2D eigenvalue weighted by Crippen LogP contribution is 2.23. The van der Waals surface area contributed by atoms with E-state index in [1.165, 1.54) is 11.0 Å². The van der Waals surface area contributed by atoms with Gasteiger partial charge in [0.05, 0.1) is 12.2 Å². The van der Waals surface area contributed by atoms with Crippen LogP contribution in [0.15, 0.2) is 59.6 Å². The third-order valence-electron chi connectivity index (χ3n) is 2.82. The number of carbonyl (C=O) groups excluding carboxylic acids is 2. The van der Waals surface area contributed by atoms with Crippen LogP contribution in [0.25, 0.3) is 0 Å². The number of isocyanates is 1. The Morgan fingerprint density at radius 3 is 2.40 bits per heavy atom. The Balaban J connectivity index is 2.35. The van der Waals surface area contributed by atoms with Crippen LogP contribution in [0.5, 0.6) is 0 Å². The van der Waals surface area contributed by atoms with Crippen LogP contribution in [-0.2, 0) is 11.3 Å². The number of anilines is 1. The maximum absolute atomic E-state index is 11.6. The first-order chi connectivity index (χ1) is 9.72. The molecule has 0 radical (unpaired) electrons. The number of primary amides is 1. The fraction of sp³-hybridized carbons (Fsp3) is 0.0667. The summed E-state index contributed by atoms with van der Waals surface area (Å²) in [5.74, 6) is 0. The van der Waals surface area contributed by atoms with Gasteiger partial charge in [-0.1, -0.05) is 36.4 Å². The maximum Gasteiger partial charge on any atom is 0.319 e. The average molecular weight is 267 g/mol. The van der Waals surface area contributed by atoms with Crippen molar-refractivity contribution in [1.82, 2.24) is 0 Å². The van der Waals surface area contributed by atoms with Crippen molar-refractivity contribution in [3.8, 4) is 0 Å². The second-order valence-corrected chi connectivity index (χ2v) is 4.09. The molecule has 0 spiro atoms. The molecule has 0 bridgehead atoms. The molecular formula is C15H13N3O2. The molecule has 2 N–H and O–H groups in total. The van der Waals surface area contributed by atoms with Crippen LogP contribution >= 0.6 is 0 Å². The number of amides is 2. The van der Waals surface area contributed by atoms with Crippen LogP contribution in [0.3, 0.4) is 0 Å². The molecule has 2 aromatic rings. The van der Waals surface area contributed by atoms with Crippen molar-refractivity contribution in [3.63, 3.8) is 0 Å². The molecule has 2 amide bonds. The first-order valence-electron chi connectivity index (χ1n) is 6.00. The van der Waals surface area contributed by atoms with E-state index in [0.29, 0.717) is 11.4 Å². The predicted octanol–water partition coefficient (Wildman–Crippen LogP) is 2.74. The van der Waals surface area contributed by atoms with Gasteiger partial charge in [0, 0.05) is 5.69 Å². The van der Waals surface area contributed by atoms with Gasteiger partial charge >= 0.3 is 6.03 Å². The number of para-hydroxylation sites is 2. The second-order valence-electron chi connectivity index (χ2n) is 4.09. The molecular weight excluding hydrogens is 254 g/mol. The predicted molar refractivity (Wildman–Crippen MR) is 76.4 cm³/mol. The SMILES string of the molecule is NC(=O)N(Cc1ccccc1N=C=O)c1ccccc1. The first-order valence-corrected chi connectivity index (χ1v) is 6.00. The molecule has 2 rings (SSSR count). The molecule has 0 aromatic heterocycles. The number of nitrogens with two attached hydrogens (primary N) is 1. The molecule has 0 saturated carbocycles. The number of rotatable bonds is 4. The summed E-state index contributed by atoms with van der Waals surface area (Å²) in [7, 11) is 0. The van der Waals surface area contributed by atoms with Gasteiger partial charge in [0.1, 0.15) is 0 Å². The molecule has 0 atom stereocenters. The minimum atomic E-state index is -0.568. The molecule has 5 heteroatoms. The van der Waals surface area contributed by atoms with Gasteiger partial charge in [-0.2, -0.15) is 4.99 Å². The Morgan fingerprint density at radius 2 is 1.75 bits per heavy atom. The fourth-order valence-corrected chi connectivity index (χ4v) is 1.88. The van der Waals surface area contributed by atoms with Crippen molar-refractivity contribution in [2.24, 2.45) is 10.7 Å². The number of aliphatic imine (C=N–C) groups is 1. The quantitative estimate of drug-likeness (QED) is 0.683. The molecule has 100 valence electrons. The van der Waals surface area contributed by atoms with Gasteiger partial charge < -0.3 is 5.73 Å². The van der Waals surface area contributed by atoms with Gasteiger partial charge in [0.15, 0.2) is 0 Å². The molecule has 20 heavy (non-hydrogen) atoms. The highest BCUT2D eigenvalue weighted by molar-refractivity contribution is 5.90. The monoisotopic (exact) mass is 267 g/mol. The molecule has 0 aliphatic rings. The number of urea groups is 1. The van der Waals surface area contributed by atoms with Gasteiger partial charge in [-0.3, -0.25) is 4.90 Å². The lowest BCUT2D eigenvalue weighted by Crippen LogP contribution is -2.35. The van der Waals surface area contributed by atoms with E-state index in [4.69, 9.17) is 5.73 Å². The normalized spacial score (nSPS) is 9.60. The lowest BCUT2D eigenvalue weighted by molar-refractivity contribution is 0.253. The fourth-order valence-electron chi connectivity index (χ4n) is 1.88. The lowest BCUT2D eigenvalue weighted by Gasteiger charge is -2.21. The molecule has 0 aliphatic carbocycles. The van der Waals surface area contributed by atoms with Crippen LogP contribution in [-0.4, -0.2) is 12.1 Å². The number of carbonyl (C=O) groups is 1. The van der Waals surface area contributed by atoms with Gasteiger partial charge in [-0.15, -0.1) is 0 Å². The van der Waals surface area contributed by atoms with E-state index in [9.17, 15) is 9.59 Å². The Bertz CT molecular complexity index is 649. The number of hydrogen-bond acceptors (Lipinski definition) is 3. The zero-order valence-corrected chi connectivity index (χ0v) is 10.7. The van der Waals surface area contributed by atoms with Crippen molar-refractivity contribution >= 4 is 23.5 Å². The summed E-state index contributed by atoms with van der Waals surface area (Å²) in [5.41, 5.74) is 7.30. The van der Waals surface area contributed by atoms with Crippen LogP contribution in [0.1, 0.15) is 5.56 Å². The van der Waals surface area contributed by atoms with Crippen molar-refractivity contribution in [2.45, 2.75) is 6.54 Å². The molecule has 5 nitrogen and oxygen atoms in total. The van der Waals surface area contributed by atoms with Crippen molar-refractivity contribution in [1.29, 1.82) is 0 Å². The zero-order chi connectivity index (χ0) is 14.4. The number of hydrogen-bond donors (Lipinski definition) is 1. The van der Waals surface area contributed by atoms with Crippen LogP contribution < -0.4 is 10.6 Å². The summed E-state index contributed by atoms with van der Waals surface area (Å²) in [6.45, 7) is 0.237. The van der Waals surface area contributed by atoms with Crippen molar-refractivity contribution < 1.29 is 9.59 Å². The van der Waals surface area contributed by atoms with E-state index in [1.54, 1.807) is 30.3 Å². The van der Waals surface area contributed by atoms with E-state index in [2.05, 4.69) is 4.99 Å². The van der Waals surface area contributed by atoms with E-state index < -0.39 is 6.03 Å². The zero-order valence-electron chi connectivity index (χ0n) is 10.7. The summed E-state index contributed by atoms with van der Waals surface area (Å²) in [6.07, 6.45) is 1.51. The molecule has 0 fully saturated rings. The van der Waals surface area contributed by atoms with Crippen molar-refractivity contribution in [3.05, 3.63) is 60.2 Å². The summed E-state index contributed by atoms with van der Waals surface area (Å²) in [4.78, 5) is 27.1. The van der Waals surface area contributed by atoms with Crippen LogP contribution in [0, 0.1) is 0 Å². The Kier molecular flexibility index (Phi) is 4.27. The molecule has 2 aromatic carbocycles. The Hall–Kier alpha value is -2.91. The van der Waals surface area contributed by atoms with Crippen LogP contribution in [0.4, 0.5) is 16.2 Å². The highest BCUT2D eigenvalue weighted by atomic mass is 16.2. The summed E-state index contributed by atoms with van der Waals surface area (Å²) in [6, 6.07) is 15.5. The molecule has 0 saturated heterocycles. The minimum absolute atomic E-state index is 0.237. The van der Waals surface area contributed by atoms with E-state index in [1.807, 2.05) is 24.3 Å². The van der Waals surface area contributed by atoms with E-state index in [0.717, 1.165) is 5.56 Å². The summed E-state index contributed by atoms with van der Waals surface area (Å²) < 4.78 is 0. The lowest BCUT2D eigenvalue weighted by atomic mass is 10.1. The number of benzene rings is 2. The topological polar surface area (TPSA) is 75.8 Å². The summed E-state index contributed by atoms with van der Waals surface area (Å²) in [5, 5.41) is 0. The first kappa shape index (κ1) is 13.5. The third-order valence-corrected chi connectivity index (χ3v) is 2.82. The minimum Gasteiger partial charge on any atom is -0.351 e. The maximum atomic E-state index is 11.6. The molecule has 0 aliphatic heterocycles. The van der Waals surface area contributed by atoms with Gasteiger partial charge in [0.2, 0.25) is 6.08 Å². The molecule has 0 unspecified atom stereocenters. The van der Waals surface area contributed by atoms with E-state index in [-0.39, 0.29) is 6.54 Å². The van der Waals surface area contributed by atoms with Crippen molar-refractivity contribution in [2.75, 3.05) is 4.90 Å². The summed E-state index contributed by atoms with van der Waals surface area (Å²) >= 11 is 0. The second kappa shape index (κ2) is 6.31. The van der Waals surface area contributed by atoms with E-state index >= 15 is 0 Å². The average Bonchev–Trinajstić information content (AvgIpc) is 2.47. The molecule has 0 heterocycles. The Labute approximate surface area is 116 Å². The smallest absolute Gasteiger partial charge is 0.319 e. The van der Waals surface area contributed by atoms with Gasteiger partial charge in [0.25, 0.3) is 0 Å². The van der Waals surface area contributed by atoms with Gasteiger partial charge in [-0.25, -0.2) is 9.59 Å². The largest absolute Gasteiger partial charge is 0.351 e. The standard InChI is InChI=1S/C15H13N3O2/c16-15(20)18(13-7-2-1-3-8-13)10-12-6-4-5-9-14(12)17-11-19/h1-9H,10H2,(H2,16,20). The Morgan fingerprint density at radius 1 is 1.10 bits per heavy atom.